The maximum absolute atomic E-state index is 12.2. The van der Waals surface area contributed by atoms with E-state index in [-0.39, 0.29) is 24.6 Å². The van der Waals surface area contributed by atoms with Crippen molar-refractivity contribution in [3.05, 3.63) is 42.5 Å². The third kappa shape index (κ3) is 5.52. The zero-order chi connectivity index (χ0) is 18.1. The predicted molar refractivity (Wildman–Crippen MR) is 97.5 cm³/mol. The highest BCUT2D eigenvalue weighted by atomic mass is 16.5. The van der Waals surface area contributed by atoms with E-state index in [1.54, 1.807) is 6.08 Å². The molecule has 1 aliphatic rings. The summed E-state index contributed by atoms with van der Waals surface area (Å²) in [4.78, 5) is 25.9. The van der Waals surface area contributed by atoms with Gasteiger partial charge in [-0.05, 0) is 25.3 Å². The van der Waals surface area contributed by atoms with Gasteiger partial charge in [-0.2, -0.15) is 0 Å². The molecule has 6 nitrogen and oxygen atoms in total. The van der Waals surface area contributed by atoms with Crippen molar-refractivity contribution in [2.45, 2.75) is 32.2 Å². The molecule has 1 heterocycles. The summed E-state index contributed by atoms with van der Waals surface area (Å²) in [5, 5.41) is 5.63. The van der Waals surface area contributed by atoms with Crippen LogP contribution in [0.2, 0.25) is 0 Å². The number of carbonyl (C=O) groups excluding carboxylic acids is 2. The van der Waals surface area contributed by atoms with E-state index < -0.39 is 0 Å². The van der Waals surface area contributed by atoms with Gasteiger partial charge in [-0.25, -0.2) is 4.79 Å². The molecule has 0 saturated carbocycles. The molecule has 0 aliphatic carbocycles. The van der Waals surface area contributed by atoms with Gasteiger partial charge >= 0.3 is 6.03 Å². The molecule has 1 aliphatic heterocycles. The van der Waals surface area contributed by atoms with Crippen molar-refractivity contribution in [2.24, 2.45) is 0 Å². The zero-order valence-electron chi connectivity index (χ0n) is 14.8. The van der Waals surface area contributed by atoms with Gasteiger partial charge in [0, 0.05) is 25.2 Å². The third-order valence-electron chi connectivity index (χ3n) is 4.22. The monoisotopic (exact) mass is 345 g/mol. The summed E-state index contributed by atoms with van der Waals surface area (Å²) in [6.07, 6.45) is 4.46. The van der Waals surface area contributed by atoms with Crippen LogP contribution in [-0.4, -0.2) is 43.1 Å². The number of ether oxygens (including phenoxy) is 1. The van der Waals surface area contributed by atoms with Crippen LogP contribution in [0.1, 0.15) is 37.8 Å². The van der Waals surface area contributed by atoms with Gasteiger partial charge in [0.2, 0.25) is 0 Å². The number of hydrogen-bond donors (Lipinski definition) is 2. The van der Waals surface area contributed by atoms with Crippen LogP contribution in [-0.2, 0) is 4.79 Å². The smallest absolute Gasteiger partial charge is 0.315 e. The first-order chi connectivity index (χ1) is 12.2. The van der Waals surface area contributed by atoms with E-state index in [4.69, 9.17) is 4.74 Å². The minimum atomic E-state index is -0.255. The molecule has 0 aromatic heterocycles. The summed E-state index contributed by atoms with van der Waals surface area (Å²) in [7, 11) is 0. The molecule has 1 fully saturated rings. The molecule has 0 spiro atoms. The van der Waals surface area contributed by atoms with E-state index in [1.807, 2.05) is 36.1 Å². The molecule has 1 aromatic carbocycles. The van der Waals surface area contributed by atoms with E-state index >= 15 is 0 Å². The van der Waals surface area contributed by atoms with Crippen molar-refractivity contribution in [3.8, 4) is 5.75 Å². The van der Waals surface area contributed by atoms with Gasteiger partial charge in [0.25, 0.3) is 5.91 Å². The fourth-order valence-electron chi connectivity index (χ4n) is 2.87. The Morgan fingerprint density at radius 2 is 2.04 bits per heavy atom. The number of urea groups is 1. The van der Waals surface area contributed by atoms with Crippen molar-refractivity contribution in [3.63, 3.8) is 0 Å². The van der Waals surface area contributed by atoms with E-state index in [0.29, 0.717) is 18.7 Å². The average molecular weight is 345 g/mol. The van der Waals surface area contributed by atoms with Crippen molar-refractivity contribution >= 4 is 11.9 Å². The number of nitrogens with one attached hydrogen (secondary N) is 2. The molecule has 136 valence electrons. The quantitative estimate of drug-likeness (QED) is 0.712. The van der Waals surface area contributed by atoms with Crippen LogP contribution in [0.4, 0.5) is 4.79 Å². The molecular formula is C19H27N3O3. The summed E-state index contributed by atoms with van der Waals surface area (Å²) in [5.74, 6) is 0.642. The normalized spacial score (nSPS) is 14.7. The first-order valence-electron chi connectivity index (χ1n) is 8.80. The molecule has 2 N–H and O–H groups in total. The first kappa shape index (κ1) is 18.8. The fourth-order valence-corrected chi connectivity index (χ4v) is 2.87. The van der Waals surface area contributed by atoms with Crippen molar-refractivity contribution in [2.75, 3.05) is 26.2 Å². The minimum Gasteiger partial charge on any atom is -0.483 e. The summed E-state index contributed by atoms with van der Waals surface area (Å²) in [6.45, 7) is 7.63. The lowest BCUT2D eigenvalue weighted by Gasteiger charge is -2.21. The second-order valence-electron chi connectivity index (χ2n) is 6.02. The molecule has 1 aromatic rings. The summed E-state index contributed by atoms with van der Waals surface area (Å²) in [5.41, 5.74) is 0.868. The van der Waals surface area contributed by atoms with E-state index in [1.165, 1.54) is 0 Å². The Hall–Kier alpha value is -2.50. The number of rotatable bonds is 8. The maximum Gasteiger partial charge on any atom is 0.315 e. The molecule has 1 atom stereocenters. The molecule has 6 heteroatoms. The lowest BCUT2D eigenvalue weighted by atomic mass is 10.0. The van der Waals surface area contributed by atoms with Gasteiger partial charge in [0.15, 0.2) is 6.61 Å². The van der Waals surface area contributed by atoms with Gasteiger partial charge in [-0.1, -0.05) is 31.2 Å². The number of amides is 3. The highest BCUT2D eigenvalue weighted by Gasteiger charge is 2.20. The number of para-hydroxylation sites is 1. The second kappa shape index (κ2) is 9.71. The maximum atomic E-state index is 12.2. The lowest BCUT2D eigenvalue weighted by Crippen LogP contribution is -2.38. The number of likely N-dealkylation sites (tertiary alicyclic amines) is 1. The second-order valence-corrected chi connectivity index (χ2v) is 6.02. The van der Waals surface area contributed by atoms with Crippen LogP contribution in [0.15, 0.2) is 36.9 Å². The molecule has 25 heavy (non-hydrogen) atoms. The van der Waals surface area contributed by atoms with E-state index in [0.717, 1.165) is 31.5 Å². The van der Waals surface area contributed by atoms with Gasteiger partial charge in [-0.15, -0.1) is 6.58 Å². The van der Waals surface area contributed by atoms with Crippen LogP contribution in [0.25, 0.3) is 0 Å². The predicted octanol–water partition coefficient (Wildman–Crippen LogP) is 2.62. The highest BCUT2D eigenvalue weighted by Crippen LogP contribution is 2.27. The van der Waals surface area contributed by atoms with Crippen LogP contribution >= 0.6 is 0 Å². The van der Waals surface area contributed by atoms with Crippen LogP contribution < -0.4 is 15.4 Å². The summed E-state index contributed by atoms with van der Waals surface area (Å²) < 4.78 is 5.78. The van der Waals surface area contributed by atoms with E-state index in [2.05, 4.69) is 17.2 Å². The lowest BCUT2D eigenvalue weighted by molar-refractivity contribution is -0.132. The van der Waals surface area contributed by atoms with Crippen LogP contribution in [0.3, 0.4) is 0 Å². The Labute approximate surface area is 149 Å². The molecular weight excluding hydrogens is 318 g/mol. The van der Waals surface area contributed by atoms with Gasteiger partial charge in [0.05, 0.1) is 6.04 Å². The zero-order valence-corrected chi connectivity index (χ0v) is 14.8. The Morgan fingerprint density at radius 3 is 2.72 bits per heavy atom. The molecule has 1 saturated heterocycles. The Balaban J connectivity index is 2.00. The SMILES string of the molecule is C=CCNC(=O)N[C@H](CC)c1ccccc1OCC(=O)N1CCCC1. The first-order valence-corrected chi connectivity index (χ1v) is 8.80. The van der Waals surface area contributed by atoms with Crippen molar-refractivity contribution in [1.29, 1.82) is 0 Å². The highest BCUT2D eigenvalue weighted by molar-refractivity contribution is 5.78. The fraction of sp³-hybridized carbons (Fsp3) is 0.474. The Bertz CT molecular complexity index is 597. The Morgan fingerprint density at radius 1 is 1.32 bits per heavy atom. The van der Waals surface area contributed by atoms with Crippen molar-refractivity contribution in [1.82, 2.24) is 15.5 Å². The number of nitrogens with zero attached hydrogens (tertiary/aromatic N) is 1. The number of hydrogen-bond acceptors (Lipinski definition) is 3. The molecule has 0 unspecified atom stereocenters. The standard InChI is InChI=1S/C19H27N3O3/c1-3-11-20-19(24)21-16(4-2)15-9-5-6-10-17(15)25-14-18(23)22-12-7-8-13-22/h3,5-6,9-10,16H,1,4,7-8,11-14H2,2H3,(H2,20,21,24)/t16-/m1/s1. The number of benzene rings is 1. The molecule has 2 rings (SSSR count). The topological polar surface area (TPSA) is 70.7 Å². The average Bonchev–Trinajstić information content (AvgIpc) is 3.17. The molecule has 3 amide bonds. The third-order valence-corrected chi connectivity index (χ3v) is 4.22. The van der Waals surface area contributed by atoms with Crippen LogP contribution in [0.5, 0.6) is 5.75 Å². The van der Waals surface area contributed by atoms with E-state index in [9.17, 15) is 9.59 Å². The Kier molecular flexibility index (Phi) is 7.32. The van der Waals surface area contributed by atoms with Crippen molar-refractivity contribution < 1.29 is 14.3 Å². The van der Waals surface area contributed by atoms with Gasteiger partial charge in [0.1, 0.15) is 5.75 Å². The summed E-state index contributed by atoms with van der Waals surface area (Å²) in [6, 6.07) is 7.06. The molecule has 0 bridgehead atoms. The minimum absolute atomic E-state index is 0.0111. The summed E-state index contributed by atoms with van der Waals surface area (Å²) >= 11 is 0. The number of carbonyl (C=O) groups is 2. The van der Waals surface area contributed by atoms with Gasteiger partial charge < -0.3 is 20.3 Å². The largest absolute Gasteiger partial charge is 0.483 e. The van der Waals surface area contributed by atoms with Crippen LogP contribution in [0, 0.1) is 0 Å². The van der Waals surface area contributed by atoms with Gasteiger partial charge in [-0.3, -0.25) is 4.79 Å². The molecule has 0 radical (unpaired) electrons.